The number of ether oxygens (including phenoxy) is 5. The van der Waals surface area contributed by atoms with E-state index in [9.17, 15) is 29.1 Å². The van der Waals surface area contributed by atoms with E-state index in [2.05, 4.69) is 38.5 Å². The van der Waals surface area contributed by atoms with Crippen LogP contribution in [0.25, 0.3) is 21.6 Å². The molecule has 5 heterocycles. The summed E-state index contributed by atoms with van der Waals surface area (Å²) in [6.45, 7) is 18.7. The van der Waals surface area contributed by atoms with Gasteiger partial charge in [-0.15, -0.1) is 11.3 Å². The summed E-state index contributed by atoms with van der Waals surface area (Å²) in [5.74, 6) is -0.132. The molecular formula is C66H81N7O11S. The summed E-state index contributed by atoms with van der Waals surface area (Å²) >= 11 is 1.53. The number of aliphatic hydroxyl groups is 1. The summed E-state index contributed by atoms with van der Waals surface area (Å²) in [6.07, 6.45) is 2.60. The molecule has 6 aromatic rings. The highest BCUT2D eigenvalue weighted by Gasteiger charge is 2.46. The monoisotopic (exact) mass is 1180 g/mol. The van der Waals surface area contributed by atoms with Gasteiger partial charge in [0.05, 0.1) is 48.6 Å². The van der Waals surface area contributed by atoms with Gasteiger partial charge >= 0.3 is 0 Å². The molecule has 18 nitrogen and oxygen atoms in total. The Hall–Kier alpha value is -7.42. The topological polar surface area (TPSA) is 214 Å². The first-order valence-electron chi connectivity index (χ1n) is 29.8. The maximum absolute atomic E-state index is 14.3. The smallest absolute Gasteiger partial charge is 0.255 e. The van der Waals surface area contributed by atoms with Crippen LogP contribution in [0.15, 0.2) is 95.2 Å². The van der Waals surface area contributed by atoms with Crippen molar-refractivity contribution < 1.29 is 48.0 Å². The predicted octanol–water partition coefficient (Wildman–Crippen LogP) is 8.86. The number of hydrogen-bond acceptors (Lipinski definition) is 14. The molecule has 2 saturated heterocycles. The van der Waals surface area contributed by atoms with Gasteiger partial charge in [-0.1, -0.05) is 56.3 Å². The molecule has 2 aromatic heterocycles. The van der Waals surface area contributed by atoms with Crippen molar-refractivity contribution in [3.05, 3.63) is 151 Å². The summed E-state index contributed by atoms with van der Waals surface area (Å²) < 4.78 is 29.9. The van der Waals surface area contributed by atoms with Gasteiger partial charge in [-0.25, -0.2) is 4.98 Å². The van der Waals surface area contributed by atoms with E-state index in [1.807, 2.05) is 114 Å². The third-order valence-electron chi connectivity index (χ3n) is 16.3. The number of aryl methyl sites for hydroxylation is 3. The molecule has 2 fully saturated rings. The van der Waals surface area contributed by atoms with E-state index >= 15 is 0 Å². The van der Waals surface area contributed by atoms with Crippen LogP contribution in [-0.4, -0.2) is 139 Å². The Balaban J connectivity index is 0.722. The van der Waals surface area contributed by atoms with E-state index in [4.69, 9.17) is 23.7 Å². The lowest BCUT2D eigenvalue weighted by Crippen LogP contribution is -2.55. The van der Waals surface area contributed by atoms with E-state index in [-0.39, 0.29) is 67.9 Å². The molecule has 452 valence electrons. The zero-order chi connectivity index (χ0) is 60.1. The second kappa shape index (κ2) is 29.1. The molecule has 3 aliphatic rings. The molecule has 3 aliphatic heterocycles. The Labute approximate surface area is 502 Å². The predicted molar refractivity (Wildman–Crippen MR) is 328 cm³/mol. The summed E-state index contributed by atoms with van der Waals surface area (Å²) in [5.41, 5.74) is 12.1. The van der Waals surface area contributed by atoms with Gasteiger partial charge in [0.15, 0.2) is 0 Å². The number of carbonyl (C=O) groups is 4. The van der Waals surface area contributed by atoms with Gasteiger partial charge < -0.3 is 59.1 Å². The highest BCUT2D eigenvalue weighted by Crippen LogP contribution is 2.36. The Morgan fingerprint density at radius 2 is 1.56 bits per heavy atom. The van der Waals surface area contributed by atoms with E-state index in [0.29, 0.717) is 75.2 Å². The zero-order valence-electron chi connectivity index (χ0n) is 50.0. The molecular weight excluding hydrogens is 1100 g/mol. The molecule has 4 aromatic carbocycles. The highest BCUT2D eigenvalue weighted by atomic mass is 32.1. The van der Waals surface area contributed by atoms with Crippen LogP contribution in [0.3, 0.4) is 0 Å². The van der Waals surface area contributed by atoms with Crippen LogP contribution < -0.4 is 30.6 Å². The number of H-pyrrole nitrogens is 1. The second-order valence-corrected chi connectivity index (χ2v) is 23.4. The number of fused-ring (bicyclic) bond motifs is 1. The Bertz CT molecular complexity index is 3360. The first-order chi connectivity index (χ1) is 41.1. The number of nitrogens with zero attached hydrogens (tertiary/aromatic N) is 4. The van der Waals surface area contributed by atoms with Crippen molar-refractivity contribution in [2.45, 2.75) is 124 Å². The number of thiazole rings is 1. The van der Waals surface area contributed by atoms with Gasteiger partial charge in [0.1, 0.15) is 30.2 Å². The van der Waals surface area contributed by atoms with Crippen LogP contribution in [0.4, 0.5) is 5.69 Å². The van der Waals surface area contributed by atoms with E-state index in [0.717, 1.165) is 98.9 Å². The number of anilines is 1. The minimum Gasteiger partial charge on any atom is -0.494 e. The van der Waals surface area contributed by atoms with Crippen molar-refractivity contribution >= 4 is 40.7 Å². The number of β-amino-alcohol motifs (C(OH)–C–C–N with tert-alkyl or cyclic N) is 1. The molecule has 19 heteroatoms. The van der Waals surface area contributed by atoms with Gasteiger partial charge in [0.25, 0.3) is 17.4 Å². The van der Waals surface area contributed by atoms with Gasteiger partial charge in [-0.05, 0) is 142 Å². The first-order valence-corrected chi connectivity index (χ1v) is 30.6. The quantitative estimate of drug-likeness (QED) is 0.0355. The second-order valence-electron chi connectivity index (χ2n) is 22.6. The SMILES string of the molecule is CCN(c1cc(-c2ccc(OCCCCOCCOCCOc3cc(-c4scnc4C)ccc3CNC(=O)[C@@H]3C[C@@H](O)CN3C(=O)C(C(C)C)N3Cc4ccccc4C3=O)cc2)cc(C(=O)NCc2c(C)cc(C)[nH]c2=O)c1C)C1CCOCC1. The molecule has 3 atom stereocenters. The number of rotatable bonds is 27. The number of pyridine rings is 1. The van der Waals surface area contributed by atoms with Crippen LogP contribution in [-0.2, 0) is 43.4 Å². The average molecular weight is 1180 g/mol. The normalized spacial score (nSPS) is 16.4. The van der Waals surface area contributed by atoms with Crippen LogP contribution in [0.5, 0.6) is 11.5 Å². The number of unbranched alkanes of at least 4 members (excludes halogenated alkanes) is 1. The van der Waals surface area contributed by atoms with Crippen LogP contribution in [0.1, 0.15) is 113 Å². The van der Waals surface area contributed by atoms with Gasteiger partial charge in [0, 0.05) is 98.6 Å². The molecule has 9 rings (SSSR count). The van der Waals surface area contributed by atoms with Crippen molar-refractivity contribution in [1.29, 1.82) is 0 Å². The van der Waals surface area contributed by atoms with Crippen LogP contribution >= 0.6 is 11.3 Å². The Morgan fingerprint density at radius 3 is 2.28 bits per heavy atom. The maximum atomic E-state index is 14.3. The van der Waals surface area contributed by atoms with Crippen molar-refractivity contribution in [3.8, 4) is 33.1 Å². The number of likely N-dealkylation sites (tertiary alicyclic amines) is 1. The van der Waals surface area contributed by atoms with Crippen molar-refractivity contribution in [1.82, 2.24) is 30.4 Å². The fraction of sp³-hybridized carbons (Fsp3) is 0.455. The van der Waals surface area contributed by atoms with E-state index in [1.165, 1.54) is 16.2 Å². The lowest BCUT2D eigenvalue weighted by molar-refractivity contribution is -0.143. The molecule has 85 heavy (non-hydrogen) atoms. The molecule has 4 amide bonds. The van der Waals surface area contributed by atoms with Crippen LogP contribution in [0.2, 0.25) is 0 Å². The summed E-state index contributed by atoms with van der Waals surface area (Å²) in [4.78, 5) is 82.3. The summed E-state index contributed by atoms with van der Waals surface area (Å²) in [7, 11) is 0. The van der Waals surface area contributed by atoms with Crippen LogP contribution in [0, 0.1) is 33.6 Å². The Kier molecular flexibility index (Phi) is 21.3. The zero-order valence-corrected chi connectivity index (χ0v) is 50.8. The summed E-state index contributed by atoms with van der Waals surface area (Å²) in [5, 5.41) is 16.9. The number of aromatic amines is 1. The molecule has 4 N–H and O–H groups in total. The lowest BCUT2D eigenvalue weighted by atomic mass is 9.95. The molecule has 0 spiro atoms. The third kappa shape index (κ3) is 15.2. The highest BCUT2D eigenvalue weighted by molar-refractivity contribution is 7.13. The van der Waals surface area contributed by atoms with Gasteiger partial charge in [-0.2, -0.15) is 0 Å². The largest absolute Gasteiger partial charge is 0.494 e. The van der Waals surface area contributed by atoms with Crippen molar-refractivity contribution in [2.24, 2.45) is 5.92 Å². The molecule has 0 radical (unpaired) electrons. The molecule has 1 unspecified atom stereocenters. The number of carbonyl (C=O) groups excluding carboxylic acids is 4. The standard InChI is InChI=1S/C66H81N7O11S/c1-8-71(51-21-25-81-26-22-51)57-33-50(32-55(44(57)6)62(75)68-37-56-42(4)31-43(5)70-63(56)76)46-17-19-53(20-18-46)83-24-12-11-23-80-27-28-82-29-30-84-59-34-47(61-45(7)69-40-85-61)15-16-48(59)36-67-64(77)58-35-52(74)39-72(58)66(79)60(41(2)3)73-38-49-13-9-10-14-54(49)65(73)78/h9-10,13-20,31-34,40-41,51-52,58,60,74H,8,11-12,21-30,35-39H2,1-7H3,(H,67,77)(H,68,75)(H,70,76)/t52-,58+,60?/m1/s1. The number of benzene rings is 4. The number of nitrogens with one attached hydrogen (secondary N) is 3. The molecule has 0 bridgehead atoms. The number of aliphatic hydroxyl groups excluding tert-OH is 1. The van der Waals surface area contributed by atoms with Gasteiger partial charge in [0.2, 0.25) is 11.8 Å². The minimum absolute atomic E-state index is 0.00625. The maximum Gasteiger partial charge on any atom is 0.255 e. The van der Waals surface area contributed by atoms with Crippen molar-refractivity contribution in [2.75, 3.05) is 70.8 Å². The Morgan fingerprint density at radius 1 is 0.835 bits per heavy atom. The third-order valence-corrected chi connectivity index (χ3v) is 17.3. The lowest BCUT2D eigenvalue weighted by Gasteiger charge is -2.37. The average Bonchev–Trinajstić information content (AvgIpc) is 2.44. The fourth-order valence-electron chi connectivity index (χ4n) is 11.8. The first kappa shape index (κ1) is 62.1. The minimum atomic E-state index is -0.919. The number of hydrogen-bond donors (Lipinski definition) is 4. The number of aromatic nitrogens is 2. The summed E-state index contributed by atoms with van der Waals surface area (Å²) in [6, 6.07) is 25.7. The fourth-order valence-corrected chi connectivity index (χ4v) is 12.6. The van der Waals surface area contributed by atoms with E-state index in [1.54, 1.807) is 16.5 Å². The van der Waals surface area contributed by atoms with Crippen molar-refractivity contribution in [3.63, 3.8) is 0 Å². The number of amides is 4. The van der Waals surface area contributed by atoms with Gasteiger partial charge in [-0.3, -0.25) is 24.0 Å². The molecule has 0 saturated carbocycles. The van der Waals surface area contributed by atoms with E-state index < -0.39 is 24.1 Å². The molecule has 0 aliphatic carbocycles.